The Labute approximate surface area is 270 Å². The first-order valence-electron chi connectivity index (χ1n) is 14.4. The molecule has 1 atom stereocenters. The van der Waals surface area contributed by atoms with Gasteiger partial charge in [-0.25, -0.2) is 4.98 Å². The van der Waals surface area contributed by atoms with Crippen molar-refractivity contribution in [1.82, 2.24) is 10.3 Å². The third-order valence-corrected chi connectivity index (χ3v) is 8.87. The zero-order chi connectivity index (χ0) is 31.6. The Morgan fingerprint density at radius 3 is 2.29 bits per heavy atom. The molecule has 5 aromatic rings. The molecule has 0 fully saturated rings. The van der Waals surface area contributed by atoms with Crippen LogP contribution in [0.15, 0.2) is 125 Å². The topological polar surface area (TPSA) is 100 Å². The van der Waals surface area contributed by atoms with E-state index in [1.807, 2.05) is 98.1 Å². The lowest BCUT2D eigenvalue weighted by Gasteiger charge is -2.15. The highest BCUT2D eigenvalue weighted by molar-refractivity contribution is 8.00. The molecule has 226 valence electrons. The van der Waals surface area contributed by atoms with Gasteiger partial charge >= 0.3 is 0 Å². The number of aryl methyl sites for hydroxylation is 1. The molecule has 0 saturated carbocycles. The molecule has 4 aromatic carbocycles. The lowest BCUT2D eigenvalue weighted by Crippen LogP contribution is -2.30. The third-order valence-electron chi connectivity index (χ3n) is 6.75. The largest absolute Gasteiger partial charge is 0.321 e. The Hall–Kier alpha value is -4.99. The van der Waals surface area contributed by atoms with Crippen LogP contribution < -0.4 is 16.0 Å². The van der Waals surface area contributed by atoms with Crippen molar-refractivity contribution in [3.63, 3.8) is 0 Å². The van der Waals surface area contributed by atoms with Gasteiger partial charge in [-0.1, -0.05) is 91.3 Å². The van der Waals surface area contributed by atoms with Crippen LogP contribution in [-0.2, 0) is 9.59 Å². The van der Waals surface area contributed by atoms with E-state index in [9.17, 15) is 14.4 Å². The van der Waals surface area contributed by atoms with Gasteiger partial charge in [0.25, 0.3) is 11.8 Å². The Morgan fingerprint density at radius 1 is 0.867 bits per heavy atom. The predicted molar refractivity (Wildman–Crippen MR) is 184 cm³/mol. The molecule has 1 aromatic heterocycles. The van der Waals surface area contributed by atoms with Crippen LogP contribution in [0.3, 0.4) is 0 Å². The van der Waals surface area contributed by atoms with Crippen molar-refractivity contribution in [3.8, 4) is 11.3 Å². The average Bonchev–Trinajstić information content (AvgIpc) is 3.53. The number of thioether (sulfide) groups is 1. The SMILES string of the molecule is CCC(Sc1cccc(NC(=O)/C(=C/c2ccccc2)NC(=O)c2ccccc2)c1)C(=O)Nc1nc(-c2ccc(C)cc2)cs1. The summed E-state index contributed by atoms with van der Waals surface area (Å²) in [6.07, 6.45) is 2.23. The Morgan fingerprint density at radius 2 is 1.58 bits per heavy atom. The fourth-order valence-electron chi connectivity index (χ4n) is 4.36. The summed E-state index contributed by atoms with van der Waals surface area (Å²) < 4.78 is 0. The van der Waals surface area contributed by atoms with Gasteiger partial charge in [0.05, 0.1) is 10.9 Å². The molecule has 0 aliphatic carbocycles. The quantitative estimate of drug-likeness (QED) is 0.101. The van der Waals surface area contributed by atoms with Gasteiger partial charge in [0.1, 0.15) is 5.70 Å². The van der Waals surface area contributed by atoms with E-state index in [-0.39, 0.29) is 22.8 Å². The molecule has 45 heavy (non-hydrogen) atoms. The highest BCUT2D eigenvalue weighted by Gasteiger charge is 2.20. The molecule has 1 unspecified atom stereocenters. The number of rotatable bonds is 11. The van der Waals surface area contributed by atoms with Crippen molar-refractivity contribution < 1.29 is 14.4 Å². The number of benzene rings is 4. The van der Waals surface area contributed by atoms with Gasteiger partial charge in [0.2, 0.25) is 5.91 Å². The summed E-state index contributed by atoms with van der Waals surface area (Å²) in [5.41, 5.74) is 4.84. The molecular formula is C36H32N4O3S2. The molecule has 1 heterocycles. The lowest BCUT2D eigenvalue weighted by molar-refractivity contribution is -0.116. The first kappa shape index (κ1) is 31.4. The summed E-state index contributed by atoms with van der Waals surface area (Å²) in [5, 5.41) is 10.7. The number of nitrogens with one attached hydrogen (secondary N) is 3. The molecule has 0 bridgehead atoms. The van der Waals surface area contributed by atoms with E-state index in [0.717, 1.165) is 21.7 Å². The second kappa shape index (κ2) is 15.1. The number of carbonyl (C=O) groups excluding carboxylic acids is 3. The Balaban J connectivity index is 1.26. The second-order valence-electron chi connectivity index (χ2n) is 10.2. The van der Waals surface area contributed by atoms with Crippen LogP contribution in [0.1, 0.15) is 34.8 Å². The van der Waals surface area contributed by atoms with Crippen LogP contribution >= 0.6 is 23.1 Å². The van der Waals surface area contributed by atoms with Crippen LogP contribution in [0.4, 0.5) is 10.8 Å². The minimum Gasteiger partial charge on any atom is -0.321 e. The molecule has 3 N–H and O–H groups in total. The molecule has 0 saturated heterocycles. The van der Waals surface area contributed by atoms with Gasteiger partial charge < -0.3 is 16.0 Å². The number of amides is 3. The number of hydrogen-bond donors (Lipinski definition) is 3. The zero-order valence-electron chi connectivity index (χ0n) is 24.8. The van der Waals surface area contributed by atoms with Gasteiger partial charge in [-0.15, -0.1) is 23.1 Å². The molecular weight excluding hydrogens is 601 g/mol. The van der Waals surface area contributed by atoms with E-state index in [0.29, 0.717) is 22.8 Å². The molecule has 0 aliphatic heterocycles. The van der Waals surface area contributed by atoms with Crippen molar-refractivity contribution in [2.75, 3.05) is 10.6 Å². The first-order chi connectivity index (χ1) is 21.9. The number of anilines is 2. The monoisotopic (exact) mass is 632 g/mol. The van der Waals surface area contributed by atoms with Crippen molar-refractivity contribution in [3.05, 3.63) is 137 Å². The maximum Gasteiger partial charge on any atom is 0.272 e. The van der Waals surface area contributed by atoms with Gasteiger partial charge in [-0.2, -0.15) is 0 Å². The molecule has 0 radical (unpaired) electrons. The fourth-order valence-corrected chi connectivity index (χ4v) is 6.10. The summed E-state index contributed by atoms with van der Waals surface area (Å²) in [4.78, 5) is 45.0. The summed E-state index contributed by atoms with van der Waals surface area (Å²) in [6.45, 7) is 3.99. The second-order valence-corrected chi connectivity index (χ2v) is 12.3. The Bertz CT molecular complexity index is 1800. The van der Waals surface area contributed by atoms with Crippen LogP contribution in [-0.4, -0.2) is 28.0 Å². The maximum absolute atomic E-state index is 13.4. The number of aromatic nitrogens is 1. The molecule has 9 heteroatoms. The average molecular weight is 633 g/mol. The van der Waals surface area contributed by atoms with E-state index >= 15 is 0 Å². The highest BCUT2D eigenvalue weighted by atomic mass is 32.2. The number of thiazole rings is 1. The van der Waals surface area contributed by atoms with Gasteiger partial charge in [0, 0.05) is 27.1 Å². The lowest BCUT2D eigenvalue weighted by atomic mass is 10.1. The maximum atomic E-state index is 13.4. The highest BCUT2D eigenvalue weighted by Crippen LogP contribution is 2.30. The predicted octanol–water partition coefficient (Wildman–Crippen LogP) is 8.04. The fraction of sp³-hybridized carbons (Fsp3) is 0.111. The smallest absolute Gasteiger partial charge is 0.272 e. The van der Waals surface area contributed by atoms with Crippen LogP contribution in [0, 0.1) is 6.92 Å². The van der Waals surface area contributed by atoms with Crippen molar-refractivity contribution in [1.29, 1.82) is 0 Å². The summed E-state index contributed by atoms with van der Waals surface area (Å²) in [6, 6.07) is 33.4. The minimum atomic E-state index is -0.469. The number of nitrogens with zero attached hydrogens (tertiary/aromatic N) is 1. The molecule has 0 aliphatic rings. The van der Waals surface area contributed by atoms with E-state index in [1.54, 1.807) is 36.4 Å². The third kappa shape index (κ3) is 8.78. The first-order valence-corrected chi connectivity index (χ1v) is 16.2. The molecule has 7 nitrogen and oxygen atoms in total. The molecule has 0 spiro atoms. The molecule has 5 rings (SSSR count). The van der Waals surface area contributed by atoms with Gasteiger partial charge in [-0.3, -0.25) is 14.4 Å². The minimum absolute atomic E-state index is 0.104. The standard InChI is InChI=1S/C36H32N4O3S2/c1-3-32(35(43)40-36-39-31(23-44-36)26-19-17-24(2)18-20-26)45-29-16-10-15-28(22-29)37-34(42)30(21-25-11-6-4-7-12-25)38-33(41)27-13-8-5-9-14-27/h4-23,32H,3H2,1-2H3,(H,37,42)(H,38,41)(H,39,40,43)/b30-21-. The van der Waals surface area contributed by atoms with Crippen molar-refractivity contribution in [2.24, 2.45) is 0 Å². The number of carbonyl (C=O) groups is 3. The summed E-state index contributed by atoms with van der Waals surface area (Å²) in [7, 11) is 0. The van der Waals surface area contributed by atoms with E-state index in [4.69, 9.17) is 0 Å². The van der Waals surface area contributed by atoms with Gasteiger partial charge in [-0.05, 0) is 55.3 Å². The van der Waals surface area contributed by atoms with E-state index in [1.165, 1.54) is 28.7 Å². The Kier molecular flexibility index (Phi) is 10.6. The van der Waals surface area contributed by atoms with Crippen LogP contribution in [0.25, 0.3) is 17.3 Å². The number of hydrogen-bond acceptors (Lipinski definition) is 6. The van der Waals surface area contributed by atoms with Crippen molar-refractivity contribution in [2.45, 2.75) is 30.4 Å². The van der Waals surface area contributed by atoms with Crippen LogP contribution in [0.5, 0.6) is 0 Å². The van der Waals surface area contributed by atoms with E-state index < -0.39 is 5.91 Å². The summed E-state index contributed by atoms with van der Waals surface area (Å²) >= 11 is 2.80. The van der Waals surface area contributed by atoms with Crippen molar-refractivity contribution >= 4 is 57.7 Å². The molecule has 3 amide bonds. The summed E-state index contributed by atoms with van der Waals surface area (Å²) in [5.74, 6) is -0.998. The zero-order valence-corrected chi connectivity index (χ0v) is 26.5. The van der Waals surface area contributed by atoms with E-state index in [2.05, 4.69) is 20.9 Å². The normalized spacial score (nSPS) is 11.8. The van der Waals surface area contributed by atoms with Crippen LogP contribution in [0.2, 0.25) is 0 Å². The van der Waals surface area contributed by atoms with Gasteiger partial charge in [0.15, 0.2) is 5.13 Å².